The van der Waals surface area contributed by atoms with Crippen molar-refractivity contribution in [2.45, 2.75) is 6.42 Å². The van der Waals surface area contributed by atoms with E-state index < -0.39 is 38.6 Å². The second-order valence-corrected chi connectivity index (χ2v) is 5.00. The van der Waals surface area contributed by atoms with Gasteiger partial charge in [-0.3, -0.25) is 25.0 Å². The number of nitro benzene ring substituents is 2. The number of nitro groups is 2. The standard InChI is InChI=1S/C11H6Cl2N4O6/c12-9-6(16(20)21)1-4(2-7(9)17(22)23)11-14-5(3-8(18)19)10(13)15-11/h1-2H,3H2,(H,14,15)(H,18,19). The van der Waals surface area contributed by atoms with Gasteiger partial charge in [-0.25, -0.2) is 4.98 Å². The first kappa shape index (κ1) is 16.6. The SMILES string of the molecule is O=C(O)Cc1[nH]c(-c2cc([N+](=O)[O-])c(Cl)c([N+](=O)[O-])c2)nc1Cl. The summed E-state index contributed by atoms with van der Waals surface area (Å²) < 4.78 is 0. The molecule has 0 atom stereocenters. The van der Waals surface area contributed by atoms with Crippen molar-refractivity contribution in [1.82, 2.24) is 9.97 Å². The number of carboxylic acid groups (broad SMARTS) is 1. The van der Waals surface area contributed by atoms with Crippen LogP contribution >= 0.6 is 23.2 Å². The lowest BCUT2D eigenvalue weighted by atomic mass is 10.1. The molecule has 0 aliphatic rings. The molecule has 1 heterocycles. The van der Waals surface area contributed by atoms with Crippen LogP contribution in [0.1, 0.15) is 5.69 Å². The Balaban J connectivity index is 2.62. The molecule has 0 bridgehead atoms. The molecule has 2 N–H and O–H groups in total. The quantitative estimate of drug-likeness (QED) is 0.613. The van der Waals surface area contributed by atoms with Crippen LogP contribution < -0.4 is 0 Å². The number of carboxylic acids is 1. The van der Waals surface area contributed by atoms with Gasteiger partial charge in [-0.15, -0.1) is 0 Å². The smallest absolute Gasteiger partial charge is 0.309 e. The molecule has 1 aromatic carbocycles. The summed E-state index contributed by atoms with van der Waals surface area (Å²) in [6.07, 6.45) is -0.455. The summed E-state index contributed by atoms with van der Waals surface area (Å²) in [4.78, 5) is 37.3. The van der Waals surface area contributed by atoms with Crippen molar-refractivity contribution in [1.29, 1.82) is 0 Å². The minimum atomic E-state index is -1.17. The van der Waals surface area contributed by atoms with Gasteiger partial charge < -0.3 is 10.1 Å². The molecule has 12 heteroatoms. The normalized spacial score (nSPS) is 10.5. The van der Waals surface area contributed by atoms with Crippen LogP contribution in [0.2, 0.25) is 10.2 Å². The number of benzene rings is 1. The summed E-state index contributed by atoms with van der Waals surface area (Å²) in [6.45, 7) is 0. The number of H-pyrrole nitrogens is 1. The second kappa shape index (κ2) is 6.18. The van der Waals surface area contributed by atoms with E-state index in [1.165, 1.54) is 0 Å². The van der Waals surface area contributed by atoms with Crippen LogP contribution in [0.4, 0.5) is 11.4 Å². The highest BCUT2D eigenvalue weighted by Crippen LogP contribution is 2.38. The topological polar surface area (TPSA) is 152 Å². The van der Waals surface area contributed by atoms with Crippen molar-refractivity contribution < 1.29 is 19.7 Å². The molecular weight excluding hydrogens is 355 g/mol. The lowest BCUT2D eigenvalue weighted by Gasteiger charge is -2.01. The molecule has 0 amide bonds. The minimum Gasteiger partial charge on any atom is -0.481 e. The number of nitrogens with one attached hydrogen (secondary N) is 1. The van der Waals surface area contributed by atoms with Gasteiger partial charge in [-0.1, -0.05) is 23.2 Å². The van der Waals surface area contributed by atoms with Gasteiger partial charge in [-0.2, -0.15) is 0 Å². The Labute approximate surface area is 137 Å². The molecule has 1 aromatic heterocycles. The number of rotatable bonds is 5. The summed E-state index contributed by atoms with van der Waals surface area (Å²) in [6, 6.07) is 1.96. The Morgan fingerprint density at radius 3 is 2.17 bits per heavy atom. The summed E-state index contributed by atoms with van der Waals surface area (Å²) in [5, 5.41) is 29.9. The maximum atomic E-state index is 11.0. The molecule has 0 unspecified atom stereocenters. The Kier molecular flexibility index (Phi) is 4.48. The molecule has 0 spiro atoms. The van der Waals surface area contributed by atoms with Crippen molar-refractivity contribution >= 4 is 40.5 Å². The van der Waals surface area contributed by atoms with Gasteiger partial charge in [0.1, 0.15) is 5.82 Å². The molecule has 0 saturated heterocycles. The number of hydrogen-bond acceptors (Lipinski definition) is 6. The number of halogens is 2. The highest BCUT2D eigenvalue weighted by atomic mass is 35.5. The van der Waals surface area contributed by atoms with E-state index in [1.54, 1.807) is 0 Å². The number of imidazole rings is 1. The molecule has 23 heavy (non-hydrogen) atoms. The van der Waals surface area contributed by atoms with Gasteiger partial charge in [0.25, 0.3) is 11.4 Å². The second-order valence-electron chi connectivity index (χ2n) is 4.27. The Hall–Kier alpha value is -2.72. The fourth-order valence-electron chi connectivity index (χ4n) is 1.79. The van der Waals surface area contributed by atoms with E-state index >= 15 is 0 Å². The first-order valence-corrected chi connectivity index (χ1v) is 6.55. The fourth-order valence-corrected chi connectivity index (χ4v) is 2.24. The van der Waals surface area contributed by atoms with Crippen LogP contribution in [-0.2, 0) is 11.2 Å². The minimum absolute atomic E-state index is 0.0219. The van der Waals surface area contributed by atoms with E-state index in [-0.39, 0.29) is 22.2 Å². The molecule has 0 aliphatic heterocycles. The Morgan fingerprint density at radius 2 is 1.74 bits per heavy atom. The molecular formula is C11H6Cl2N4O6. The number of aromatic nitrogens is 2. The van der Waals surface area contributed by atoms with E-state index in [9.17, 15) is 25.0 Å². The Morgan fingerprint density at radius 1 is 1.22 bits per heavy atom. The first-order chi connectivity index (χ1) is 10.7. The third-order valence-electron chi connectivity index (χ3n) is 2.76. The van der Waals surface area contributed by atoms with Gasteiger partial charge >= 0.3 is 5.97 Å². The third-order valence-corrected chi connectivity index (χ3v) is 3.46. The number of aliphatic carboxylic acids is 1. The van der Waals surface area contributed by atoms with Crippen molar-refractivity contribution in [2.24, 2.45) is 0 Å². The molecule has 0 radical (unpaired) electrons. The van der Waals surface area contributed by atoms with Crippen LogP contribution in [0.5, 0.6) is 0 Å². The monoisotopic (exact) mass is 360 g/mol. The summed E-state index contributed by atoms with van der Waals surface area (Å²) >= 11 is 11.4. The van der Waals surface area contributed by atoms with Crippen molar-refractivity contribution in [3.05, 3.63) is 48.2 Å². The highest BCUT2D eigenvalue weighted by Gasteiger charge is 2.27. The van der Waals surface area contributed by atoms with E-state index in [0.29, 0.717) is 0 Å². The average Bonchev–Trinajstić information content (AvgIpc) is 2.79. The zero-order valence-electron chi connectivity index (χ0n) is 10.9. The zero-order chi connectivity index (χ0) is 17.3. The summed E-state index contributed by atoms with van der Waals surface area (Å²) in [5.74, 6) is -1.22. The molecule has 0 fully saturated rings. The largest absolute Gasteiger partial charge is 0.481 e. The average molecular weight is 361 g/mol. The van der Waals surface area contributed by atoms with Gasteiger partial charge in [0, 0.05) is 17.7 Å². The predicted molar refractivity (Wildman–Crippen MR) is 78.7 cm³/mol. The molecule has 0 saturated carbocycles. The Bertz CT molecular complexity index is 799. The van der Waals surface area contributed by atoms with E-state index in [4.69, 9.17) is 28.3 Å². The lowest BCUT2D eigenvalue weighted by molar-refractivity contribution is -0.393. The van der Waals surface area contributed by atoms with Crippen molar-refractivity contribution in [2.75, 3.05) is 0 Å². The van der Waals surface area contributed by atoms with Crippen LogP contribution in [-0.4, -0.2) is 30.9 Å². The highest BCUT2D eigenvalue weighted by molar-refractivity contribution is 6.35. The van der Waals surface area contributed by atoms with E-state index in [0.717, 1.165) is 12.1 Å². The van der Waals surface area contributed by atoms with Crippen molar-refractivity contribution in [3.8, 4) is 11.4 Å². The van der Waals surface area contributed by atoms with Crippen LogP contribution in [0.3, 0.4) is 0 Å². The fraction of sp³-hybridized carbons (Fsp3) is 0.0909. The van der Waals surface area contributed by atoms with Crippen LogP contribution in [0.15, 0.2) is 12.1 Å². The van der Waals surface area contributed by atoms with Gasteiger partial charge in [0.15, 0.2) is 10.2 Å². The predicted octanol–water partition coefficient (Wildman–Crippen LogP) is 2.83. The number of nitrogens with zero attached hydrogens (tertiary/aromatic N) is 3. The lowest BCUT2D eigenvalue weighted by Crippen LogP contribution is -2.00. The third kappa shape index (κ3) is 3.38. The molecule has 2 aromatic rings. The molecule has 120 valence electrons. The van der Waals surface area contributed by atoms with Gasteiger partial charge in [0.05, 0.1) is 22.0 Å². The summed E-state index contributed by atoms with van der Waals surface area (Å²) in [7, 11) is 0. The molecule has 2 rings (SSSR count). The maximum Gasteiger partial charge on any atom is 0.309 e. The maximum absolute atomic E-state index is 11.0. The molecule has 10 nitrogen and oxygen atoms in total. The van der Waals surface area contributed by atoms with Crippen LogP contribution in [0.25, 0.3) is 11.4 Å². The van der Waals surface area contributed by atoms with E-state index in [1.807, 2.05) is 0 Å². The van der Waals surface area contributed by atoms with Crippen LogP contribution in [0, 0.1) is 20.2 Å². The number of hydrogen-bond donors (Lipinski definition) is 2. The zero-order valence-corrected chi connectivity index (χ0v) is 12.5. The van der Waals surface area contributed by atoms with E-state index in [2.05, 4.69) is 9.97 Å². The first-order valence-electron chi connectivity index (χ1n) is 5.79. The number of aromatic amines is 1. The summed E-state index contributed by atoms with van der Waals surface area (Å²) in [5.41, 5.74) is -1.31. The van der Waals surface area contributed by atoms with Gasteiger partial charge in [-0.05, 0) is 0 Å². The molecule has 0 aliphatic carbocycles. The van der Waals surface area contributed by atoms with Gasteiger partial charge in [0.2, 0.25) is 0 Å². The van der Waals surface area contributed by atoms with Crippen molar-refractivity contribution in [3.63, 3.8) is 0 Å². The number of carbonyl (C=O) groups is 1.